The van der Waals surface area contributed by atoms with Crippen LogP contribution in [0.25, 0.3) is 0 Å². The zero-order chi connectivity index (χ0) is 29.0. The second-order valence-corrected chi connectivity index (χ2v) is 15.1. The third-order valence-electron chi connectivity index (χ3n) is 7.27. The Labute approximate surface area is 233 Å². The summed E-state index contributed by atoms with van der Waals surface area (Å²) in [6.45, 7) is 8.25. The van der Waals surface area contributed by atoms with E-state index in [2.05, 4.69) is 10.4 Å². The number of hydrogen-bond donors (Lipinski definition) is 1. The summed E-state index contributed by atoms with van der Waals surface area (Å²) in [7, 11) is -2.43. The van der Waals surface area contributed by atoms with Crippen LogP contribution in [0.5, 0.6) is 0 Å². The topological polar surface area (TPSA) is 128 Å². The molecule has 0 saturated heterocycles. The van der Waals surface area contributed by atoms with Gasteiger partial charge in [-0.3, -0.25) is 19.1 Å². The molecule has 1 aromatic carbocycles. The summed E-state index contributed by atoms with van der Waals surface area (Å²) in [6, 6.07) is 7.09. The fourth-order valence-electron chi connectivity index (χ4n) is 4.82. The molecular weight excluding hydrogens is 544 g/mol. The van der Waals surface area contributed by atoms with Crippen molar-refractivity contribution in [2.45, 2.75) is 75.5 Å². The summed E-state index contributed by atoms with van der Waals surface area (Å²) < 4.78 is 31.3. The van der Waals surface area contributed by atoms with E-state index in [1.54, 1.807) is 40.0 Å². The van der Waals surface area contributed by atoms with Gasteiger partial charge in [-0.25, -0.2) is 8.42 Å². The van der Waals surface area contributed by atoms with Crippen LogP contribution in [0, 0.1) is 0 Å². The molecule has 1 saturated carbocycles. The molecule has 0 spiro atoms. The lowest BCUT2D eigenvalue weighted by Crippen LogP contribution is -2.54. The van der Waals surface area contributed by atoms with Crippen LogP contribution < -0.4 is 5.32 Å². The van der Waals surface area contributed by atoms with E-state index in [-0.39, 0.29) is 36.9 Å². The summed E-state index contributed by atoms with van der Waals surface area (Å²) in [6.07, 6.45) is 1.05. The third-order valence-corrected chi connectivity index (χ3v) is 10.7. The van der Waals surface area contributed by atoms with Crippen LogP contribution in [0.1, 0.15) is 79.6 Å². The largest absolute Gasteiger partial charge is 0.459 e. The number of carbonyl (C=O) groups excluding carboxylic acids is 3. The summed E-state index contributed by atoms with van der Waals surface area (Å²) in [5.41, 5.74) is 1.00. The summed E-state index contributed by atoms with van der Waals surface area (Å²) >= 11 is 5.92. The van der Waals surface area contributed by atoms with Gasteiger partial charge in [0.2, 0.25) is 0 Å². The van der Waals surface area contributed by atoms with Crippen LogP contribution in [0.2, 0.25) is 5.02 Å². The van der Waals surface area contributed by atoms with Crippen LogP contribution in [0.4, 0.5) is 0 Å². The van der Waals surface area contributed by atoms with Crippen molar-refractivity contribution in [1.82, 2.24) is 20.0 Å². The first-order valence-corrected chi connectivity index (χ1v) is 14.7. The smallest absolute Gasteiger partial charge is 0.327 e. The van der Waals surface area contributed by atoms with Gasteiger partial charge in [0.05, 0.1) is 4.75 Å². The van der Waals surface area contributed by atoms with E-state index in [4.69, 9.17) is 16.3 Å². The number of rotatable bonds is 8. The minimum atomic E-state index is -4.02. The predicted octanol–water partition coefficient (Wildman–Crippen LogP) is 3.07. The molecule has 1 aliphatic carbocycles. The first kappa shape index (κ1) is 29.1. The number of sulfone groups is 1. The second kappa shape index (κ2) is 9.92. The molecule has 1 aliphatic heterocycles. The van der Waals surface area contributed by atoms with Gasteiger partial charge in [-0.1, -0.05) is 23.7 Å². The first-order valence-electron chi connectivity index (χ1n) is 12.8. The van der Waals surface area contributed by atoms with E-state index < -0.39 is 36.8 Å². The number of amides is 2. The van der Waals surface area contributed by atoms with Crippen molar-refractivity contribution >= 4 is 39.2 Å². The van der Waals surface area contributed by atoms with E-state index >= 15 is 0 Å². The summed E-state index contributed by atoms with van der Waals surface area (Å²) in [4.78, 5) is 40.8. The fraction of sp³-hybridized carbons (Fsp3) is 0.556. The number of hydrogen-bond acceptors (Lipinski definition) is 7. The Kier molecular flexibility index (Phi) is 7.40. The molecule has 1 N–H and O–H groups in total. The molecule has 212 valence electrons. The zero-order valence-corrected chi connectivity index (χ0v) is 24.7. The number of carbonyl (C=O) groups is 3. The fourth-order valence-corrected chi connectivity index (χ4v) is 7.26. The van der Waals surface area contributed by atoms with Crippen molar-refractivity contribution in [2.75, 3.05) is 13.1 Å². The van der Waals surface area contributed by atoms with E-state index in [9.17, 15) is 22.8 Å². The Hall–Kier alpha value is -2.92. The molecule has 0 atom stereocenters. The number of halogens is 1. The van der Waals surface area contributed by atoms with Gasteiger partial charge in [-0.15, -0.1) is 0 Å². The lowest BCUT2D eigenvalue weighted by molar-refractivity contribution is -0.157. The molecule has 0 bridgehead atoms. The highest BCUT2D eigenvalue weighted by Gasteiger charge is 2.63. The number of nitrogens with one attached hydrogen (secondary N) is 1. The molecule has 39 heavy (non-hydrogen) atoms. The number of aromatic nitrogens is 2. The maximum absolute atomic E-state index is 13.7. The van der Waals surface area contributed by atoms with Crippen molar-refractivity contribution in [1.29, 1.82) is 0 Å². The van der Waals surface area contributed by atoms with Gasteiger partial charge >= 0.3 is 5.97 Å². The minimum absolute atomic E-state index is 0.0386. The number of fused-ring (bicyclic) bond motifs is 1. The Morgan fingerprint density at radius 1 is 1.13 bits per heavy atom. The van der Waals surface area contributed by atoms with Gasteiger partial charge in [-0.2, -0.15) is 5.10 Å². The van der Waals surface area contributed by atoms with E-state index in [1.807, 2.05) is 12.1 Å². The molecule has 4 rings (SSSR count). The van der Waals surface area contributed by atoms with Crippen molar-refractivity contribution in [3.8, 4) is 0 Å². The van der Waals surface area contributed by atoms with Gasteiger partial charge < -0.3 is 15.0 Å². The normalized spacial score (nSPS) is 17.0. The minimum Gasteiger partial charge on any atom is -0.459 e. The Morgan fingerprint density at radius 2 is 1.74 bits per heavy atom. The molecule has 0 radical (unpaired) electrons. The third kappa shape index (κ3) is 5.43. The first-order chi connectivity index (χ1) is 18.0. The average molecular weight is 579 g/mol. The highest BCUT2D eigenvalue weighted by Crippen LogP contribution is 2.49. The van der Waals surface area contributed by atoms with Crippen molar-refractivity contribution in [3.63, 3.8) is 0 Å². The van der Waals surface area contributed by atoms with Gasteiger partial charge in [0, 0.05) is 37.3 Å². The van der Waals surface area contributed by atoms with Gasteiger partial charge in [0.15, 0.2) is 20.3 Å². The number of esters is 1. The van der Waals surface area contributed by atoms with Gasteiger partial charge in [-0.05, 0) is 71.6 Å². The summed E-state index contributed by atoms with van der Waals surface area (Å²) in [5.74, 6) is -1.60. The molecule has 2 amide bonds. The van der Waals surface area contributed by atoms with Crippen LogP contribution >= 0.6 is 11.6 Å². The van der Waals surface area contributed by atoms with Crippen LogP contribution in [-0.2, 0) is 39.4 Å². The van der Waals surface area contributed by atoms with Gasteiger partial charge in [0.1, 0.15) is 11.3 Å². The standard InChI is InChI=1S/C27H35ClN4O6S/c1-25(2,3)38-24(35)26(4,5)39(36,37)27(12-13-27)16-32-14-11-19-20(30-31(6)21(19)23(32)34)22(33)29-15-17-7-9-18(28)10-8-17/h7-10H,11-16H2,1-6H3,(H,29,33). The highest BCUT2D eigenvalue weighted by molar-refractivity contribution is 7.95. The molecule has 2 heterocycles. The van der Waals surface area contributed by atoms with E-state index in [0.29, 0.717) is 29.8 Å². The molecular formula is C27H35ClN4O6S. The summed E-state index contributed by atoms with van der Waals surface area (Å²) in [5, 5.41) is 7.75. The van der Waals surface area contributed by atoms with E-state index in [0.717, 1.165) is 5.56 Å². The molecule has 2 aliphatic rings. The highest BCUT2D eigenvalue weighted by atomic mass is 35.5. The number of nitrogens with zero attached hydrogens (tertiary/aromatic N) is 3. The molecule has 0 unspecified atom stereocenters. The van der Waals surface area contributed by atoms with Crippen LogP contribution in [0.3, 0.4) is 0 Å². The zero-order valence-electron chi connectivity index (χ0n) is 23.1. The molecule has 1 aromatic heterocycles. The lowest BCUT2D eigenvalue weighted by Gasteiger charge is -2.35. The van der Waals surface area contributed by atoms with Crippen molar-refractivity contribution in [3.05, 3.63) is 51.8 Å². The number of ether oxygens (including phenoxy) is 1. The lowest BCUT2D eigenvalue weighted by atomic mass is 10.0. The van der Waals surface area contributed by atoms with Crippen LogP contribution in [-0.4, -0.2) is 69.1 Å². The molecule has 12 heteroatoms. The molecule has 10 nitrogen and oxygen atoms in total. The van der Waals surface area contributed by atoms with E-state index in [1.165, 1.54) is 23.4 Å². The van der Waals surface area contributed by atoms with Crippen molar-refractivity contribution in [2.24, 2.45) is 7.05 Å². The van der Waals surface area contributed by atoms with Gasteiger partial charge in [0.25, 0.3) is 11.8 Å². The second-order valence-electron chi connectivity index (χ2n) is 11.8. The monoisotopic (exact) mass is 578 g/mol. The molecule has 2 aromatic rings. The quantitative estimate of drug-likeness (QED) is 0.477. The number of aryl methyl sites for hydroxylation is 1. The Bertz CT molecular complexity index is 1420. The Balaban J connectivity index is 1.50. The maximum Gasteiger partial charge on any atom is 0.327 e. The predicted molar refractivity (Wildman–Crippen MR) is 146 cm³/mol. The SMILES string of the molecule is Cn1nc(C(=O)NCc2ccc(Cl)cc2)c2c1C(=O)N(CC1(S(=O)(=O)C(C)(C)C(=O)OC(C)(C)C)CC1)CC2. The Morgan fingerprint density at radius 3 is 2.31 bits per heavy atom. The molecule has 1 fully saturated rings. The maximum atomic E-state index is 13.7. The number of benzene rings is 1. The van der Waals surface area contributed by atoms with Crippen LogP contribution in [0.15, 0.2) is 24.3 Å². The average Bonchev–Trinajstić information content (AvgIpc) is 3.55. The van der Waals surface area contributed by atoms with Crippen molar-refractivity contribution < 1.29 is 27.5 Å².